The lowest BCUT2D eigenvalue weighted by atomic mass is 9.98. The molecule has 0 bridgehead atoms. The summed E-state index contributed by atoms with van der Waals surface area (Å²) in [5.41, 5.74) is 1.49. The Labute approximate surface area is 137 Å². The monoisotopic (exact) mass is 316 g/mol. The lowest BCUT2D eigenvalue weighted by molar-refractivity contribution is -0.142. The maximum absolute atomic E-state index is 12.7. The van der Waals surface area contributed by atoms with Crippen LogP contribution >= 0.6 is 0 Å². The Hall–Kier alpha value is -1.88. The molecule has 2 aliphatic rings. The average molecular weight is 316 g/mol. The Morgan fingerprint density at radius 3 is 2.61 bits per heavy atom. The Balaban J connectivity index is 1.61. The van der Waals surface area contributed by atoms with Gasteiger partial charge in [-0.15, -0.1) is 0 Å². The highest BCUT2D eigenvalue weighted by Gasteiger charge is 2.34. The number of hydrogen-bond acceptors (Lipinski definition) is 4. The summed E-state index contributed by atoms with van der Waals surface area (Å²) in [6, 6.07) is 7.36. The average Bonchev–Trinajstić information content (AvgIpc) is 2.54. The van der Waals surface area contributed by atoms with Crippen molar-refractivity contribution in [1.82, 2.24) is 9.80 Å². The number of hydrogen-bond donors (Lipinski definition) is 0. The number of carbonyl (C=O) groups is 2. The van der Waals surface area contributed by atoms with E-state index < -0.39 is 6.10 Å². The summed E-state index contributed by atoms with van der Waals surface area (Å²) in [5.74, 6) is 0.189. The van der Waals surface area contributed by atoms with E-state index in [1.54, 1.807) is 6.07 Å². The highest BCUT2D eigenvalue weighted by atomic mass is 16.5. The first-order valence-electron chi connectivity index (χ1n) is 8.34. The van der Waals surface area contributed by atoms with Crippen molar-refractivity contribution in [3.63, 3.8) is 0 Å². The molecule has 1 unspecified atom stereocenters. The topological polar surface area (TPSA) is 49.9 Å². The number of nitrogens with zero attached hydrogens (tertiary/aromatic N) is 2. The zero-order valence-electron chi connectivity index (χ0n) is 13.8. The highest BCUT2D eigenvalue weighted by Crippen LogP contribution is 2.22. The van der Waals surface area contributed by atoms with Crippen LogP contribution in [0.5, 0.6) is 0 Å². The van der Waals surface area contributed by atoms with Gasteiger partial charge in [-0.05, 0) is 17.5 Å². The van der Waals surface area contributed by atoms with E-state index in [0.717, 1.165) is 25.2 Å². The van der Waals surface area contributed by atoms with Crippen molar-refractivity contribution in [3.8, 4) is 0 Å². The van der Waals surface area contributed by atoms with Crippen molar-refractivity contribution in [2.24, 2.45) is 5.92 Å². The molecule has 2 heterocycles. The van der Waals surface area contributed by atoms with Gasteiger partial charge in [0.15, 0.2) is 6.10 Å². The Bertz CT molecular complexity index is 592. The summed E-state index contributed by atoms with van der Waals surface area (Å²) in [4.78, 5) is 28.9. The lowest BCUT2D eigenvalue weighted by Crippen LogP contribution is -2.53. The van der Waals surface area contributed by atoms with E-state index in [1.165, 1.54) is 0 Å². The lowest BCUT2D eigenvalue weighted by Gasteiger charge is -2.37. The number of esters is 1. The zero-order chi connectivity index (χ0) is 16.4. The van der Waals surface area contributed by atoms with E-state index in [-0.39, 0.29) is 11.9 Å². The number of fused-ring (bicyclic) bond motifs is 1. The summed E-state index contributed by atoms with van der Waals surface area (Å²) in [6.07, 6.45) is -0.193. The van der Waals surface area contributed by atoms with E-state index in [1.807, 2.05) is 23.1 Å². The molecule has 1 amide bonds. The largest absolute Gasteiger partial charge is 0.448 e. The Kier molecular flexibility index (Phi) is 4.66. The molecule has 1 atom stereocenters. The van der Waals surface area contributed by atoms with Crippen molar-refractivity contribution < 1.29 is 14.3 Å². The molecule has 0 aromatic heterocycles. The minimum Gasteiger partial charge on any atom is -0.448 e. The van der Waals surface area contributed by atoms with Gasteiger partial charge in [0, 0.05) is 39.1 Å². The second kappa shape index (κ2) is 6.71. The van der Waals surface area contributed by atoms with E-state index in [9.17, 15) is 9.59 Å². The van der Waals surface area contributed by atoms with Crippen LogP contribution in [0, 0.1) is 5.92 Å². The highest BCUT2D eigenvalue weighted by molar-refractivity contribution is 5.95. The first kappa shape index (κ1) is 16.0. The third-order valence-electron chi connectivity index (χ3n) is 4.47. The van der Waals surface area contributed by atoms with Gasteiger partial charge in [-0.1, -0.05) is 32.0 Å². The van der Waals surface area contributed by atoms with Gasteiger partial charge in [0.2, 0.25) is 0 Å². The fraction of sp³-hybridized carbons (Fsp3) is 0.556. The quantitative estimate of drug-likeness (QED) is 0.794. The normalized spacial score (nSPS) is 22.0. The second-order valence-corrected chi connectivity index (χ2v) is 6.77. The second-order valence-electron chi connectivity index (χ2n) is 6.77. The van der Waals surface area contributed by atoms with Gasteiger partial charge in [-0.3, -0.25) is 9.69 Å². The molecular formula is C18H24N2O3. The van der Waals surface area contributed by atoms with Gasteiger partial charge in [-0.2, -0.15) is 0 Å². The minimum absolute atomic E-state index is 0.0583. The van der Waals surface area contributed by atoms with Crippen LogP contribution in [0.15, 0.2) is 24.3 Å². The van der Waals surface area contributed by atoms with E-state index >= 15 is 0 Å². The molecule has 5 nitrogen and oxygen atoms in total. The number of rotatable bonds is 3. The molecule has 0 aliphatic carbocycles. The standard InChI is InChI=1S/C18H24N2O3/c1-13(2)12-19-7-9-20(10-8-19)17(21)16-11-14-5-3-4-6-15(14)18(22)23-16/h3-6,13,16H,7-12H2,1-2H3. The van der Waals surface area contributed by atoms with Crippen LogP contribution in [0.25, 0.3) is 0 Å². The molecule has 0 saturated carbocycles. The van der Waals surface area contributed by atoms with E-state index in [2.05, 4.69) is 18.7 Å². The number of cyclic esters (lactones) is 1. The number of piperazine rings is 1. The molecule has 1 saturated heterocycles. The van der Waals surface area contributed by atoms with Crippen molar-refractivity contribution >= 4 is 11.9 Å². The van der Waals surface area contributed by atoms with Gasteiger partial charge in [0.1, 0.15) is 0 Å². The van der Waals surface area contributed by atoms with E-state index in [4.69, 9.17) is 4.74 Å². The summed E-state index contributed by atoms with van der Waals surface area (Å²) >= 11 is 0. The molecule has 5 heteroatoms. The smallest absolute Gasteiger partial charge is 0.339 e. The summed E-state index contributed by atoms with van der Waals surface area (Å²) in [7, 11) is 0. The number of benzene rings is 1. The van der Waals surface area contributed by atoms with Crippen LogP contribution in [0.4, 0.5) is 0 Å². The van der Waals surface area contributed by atoms with Gasteiger partial charge >= 0.3 is 5.97 Å². The third-order valence-corrected chi connectivity index (χ3v) is 4.47. The fourth-order valence-corrected chi connectivity index (χ4v) is 3.34. The molecular weight excluding hydrogens is 292 g/mol. The van der Waals surface area contributed by atoms with Crippen LogP contribution in [0.1, 0.15) is 29.8 Å². The van der Waals surface area contributed by atoms with Crippen LogP contribution < -0.4 is 0 Å². The number of carbonyl (C=O) groups excluding carboxylic acids is 2. The maximum atomic E-state index is 12.7. The first-order valence-corrected chi connectivity index (χ1v) is 8.34. The maximum Gasteiger partial charge on any atom is 0.339 e. The molecule has 1 aromatic rings. The van der Waals surface area contributed by atoms with Crippen molar-refractivity contribution in [1.29, 1.82) is 0 Å². The molecule has 23 heavy (non-hydrogen) atoms. The predicted octanol–water partition coefficient (Wildman–Crippen LogP) is 1.57. The van der Waals surface area contributed by atoms with Crippen LogP contribution in [0.2, 0.25) is 0 Å². The Morgan fingerprint density at radius 2 is 1.91 bits per heavy atom. The van der Waals surface area contributed by atoms with E-state index in [0.29, 0.717) is 31.0 Å². The molecule has 0 N–H and O–H groups in total. The van der Waals surface area contributed by atoms with Crippen LogP contribution in [-0.4, -0.2) is 60.5 Å². The molecule has 0 spiro atoms. The zero-order valence-corrected chi connectivity index (χ0v) is 13.8. The van der Waals surface area contributed by atoms with Gasteiger partial charge in [0.05, 0.1) is 5.56 Å². The van der Waals surface area contributed by atoms with Crippen molar-refractivity contribution in [2.75, 3.05) is 32.7 Å². The summed E-state index contributed by atoms with van der Waals surface area (Å²) < 4.78 is 5.38. The molecule has 0 radical (unpaired) electrons. The van der Waals surface area contributed by atoms with Gasteiger partial charge in [0.25, 0.3) is 5.91 Å². The first-order chi connectivity index (χ1) is 11.0. The molecule has 2 aliphatic heterocycles. The van der Waals surface area contributed by atoms with Gasteiger partial charge in [-0.25, -0.2) is 4.79 Å². The number of ether oxygens (including phenoxy) is 1. The fourth-order valence-electron chi connectivity index (χ4n) is 3.34. The molecule has 124 valence electrons. The van der Waals surface area contributed by atoms with Crippen LogP contribution in [0.3, 0.4) is 0 Å². The Morgan fingerprint density at radius 1 is 1.22 bits per heavy atom. The summed E-state index contributed by atoms with van der Waals surface area (Å²) in [6.45, 7) is 8.67. The van der Waals surface area contributed by atoms with Gasteiger partial charge < -0.3 is 9.64 Å². The predicted molar refractivity (Wildman–Crippen MR) is 87.2 cm³/mol. The molecule has 3 rings (SSSR count). The van der Waals surface area contributed by atoms with Crippen molar-refractivity contribution in [3.05, 3.63) is 35.4 Å². The number of amides is 1. The molecule has 1 aromatic carbocycles. The van der Waals surface area contributed by atoms with Crippen molar-refractivity contribution in [2.45, 2.75) is 26.4 Å². The van der Waals surface area contributed by atoms with Crippen LogP contribution in [-0.2, 0) is 16.0 Å². The minimum atomic E-state index is -0.672. The third kappa shape index (κ3) is 3.55. The molecule has 1 fully saturated rings. The summed E-state index contributed by atoms with van der Waals surface area (Å²) in [5, 5.41) is 0. The SMILES string of the molecule is CC(C)CN1CCN(C(=O)C2Cc3ccccc3C(=O)O2)CC1.